The normalized spacial score (nSPS) is 18.0. The lowest BCUT2D eigenvalue weighted by Gasteiger charge is -2.24. The van der Waals surface area contributed by atoms with Crippen molar-refractivity contribution >= 4 is 5.91 Å². The maximum atomic E-state index is 13.1. The van der Waals surface area contributed by atoms with Crippen LogP contribution in [0.2, 0.25) is 0 Å². The van der Waals surface area contributed by atoms with Gasteiger partial charge in [0.25, 0.3) is 5.91 Å². The zero-order valence-electron chi connectivity index (χ0n) is 15.5. The highest BCUT2D eigenvalue weighted by molar-refractivity contribution is 5.93. The van der Waals surface area contributed by atoms with Crippen molar-refractivity contribution in [3.63, 3.8) is 0 Å². The van der Waals surface area contributed by atoms with E-state index in [0.29, 0.717) is 29.5 Å². The third kappa shape index (κ3) is 2.72. The first kappa shape index (κ1) is 16.9. The lowest BCUT2D eigenvalue weighted by Crippen LogP contribution is -2.32. The average molecular weight is 380 g/mol. The highest BCUT2D eigenvalue weighted by atomic mass is 16.7. The number of rotatable bonds is 4. The summed E-state index contributed by atoms with van der Waals surface area (Å²) in [6.45, 7) is 3.74. The second-order valence-corrected chi connectivity index (χ2v) is 6.87. The Morgan fingerprint density at radius 1 is 1.21 bits per heavy atom. The van der Waals surface area contributed by atoms with Gasteiger partial charge in [0.05, 0.1) is 11.7 Å². The molecule has 1 saturated heterocycles. The van der Waals surface area contributed by atoms with Gasteiger partial charge in [-0.25, -0.2) is 0 Å². The number of ether oxygens (including phenoxy) is 2. The van der Waals surface area contributed by atoms with Gasteiger partial charge in [-0.3, -0.25) is 9.48 Å². The molecule has 1 amide bonds. The lowest BCUT2D eigenvalue weighted by molar-refractivity contribution is 0.0719. The Hall–Kier alpha value is -3.29. The van der Waals surface area contributed by atoms with Crippen LogP contribution < -0.4 is 9.47 Å². The van der Waals surface area contributed by atoms with E-state index in [9.17, 15) is 4.79 Å². The van der Waals surface area contributed by atoms with Gasteiger partial charge in [0.15, 0.2) is 23.0 Å². The predicted octanol–water partition coefficient (Wildman–Crippen LogP) is 3.26. The number of aryl methyl sites for hydroxylation is 1. The Balaban J connectivity index is 1.40. The van der Waals surface area contributed by atoms with Gasteiger partial charge in [-0.2, -0.15) is 5.10 Å². The largest absolute Gasteiger partial charge is 0.454 e. The van der Waals surface area contributed by atoms with E-state index in [1.165, 1.54) is 0 Å². The topological polar surface area (TPSA) is 82.6 Å². The van der Waals surface area contributed by atoms with Crippen LogP contribution >= 0.6 is 0 Å². The second-order valence-electron chi connectivity index (χ2n) is 6.87. The fourth-order valence-corrected chi connectivity index (χ4v) is 3.92. The number of benzene rings is 1. The van der Waals surface area contributed by atoms with Gasteiger partial charge in [-0.05, 0) is 44.0 Å². The molecular formula is C20H20N4O4. The van der Waals surface area contributed by atoms with Crippen molar-refractivity contribution in [2.45, 2.75) is 32.4 Å². The van der Waals surface area contributed by atoms with Crippen LogP contribution in [0, 0.1) is 0 Å². The van der Waals surface area contributed by atoms with Crippen LogP contribution in [0.5, 0.6) is 11.5 Å². The van der Waals surface area contributed by atoms with Crippen LogP contribution in [-0.2, 0) is 6.54 Å². The first-order valence-corrected chi connectivity index (χ1v) is 9.44. The second kappa shape index (κ2) is 6.70. The van der Waals surface area contributed by atoms with E-state index in [1.54, 1.807) is 12.3 Å². The minimum absolute atomic E-state index is 0.0145. The lowest BCUT2D eigenvalue weighted by atomic mass is 10.1. The van der Waals surface area contributed by atoms with Crippen molar-refractivity contribution in [1.29, 1.82) is 0 Å². The molecule has 2 aliphatic heterocycles. The maximum Gasteiger partial charge on any atom is 0.276 e. The molecular weight excluding hydrogens is 360 g/mol. The summed E-state index contributed by atoms with van der Waals surface area (Å²) in [4.78, 5) is 15.0. The fourth-order valence-electron chi connectivity index (χ4n) is 3.92. The molecule has 3 aromatic rings. The Bertz CT molecular complexity index is 1020. The quantitative estimate of drug-likeness (QED) is 0.691. The molecule has 1 atom stereocenters. The number of carbonyl (C=O) groups is 1. The van der Waals surface area contributed by atoms with Crippen molar-refractivity contribution in [1.82, 2.24) is 19.8 Å². The number of nitrogens with zero attached hydrogens (tertiary/aromatic N) is 4. The number of fused-ring (bicyclic) bond motifs is 1. The first-order valence-electron chi connectivity index (χ1n) is 9.44. The first-order chi connectivity index (χ1) is 13.7. The van der Waals surface area contributed by atoms with Crippen LogP contribution in [-0.4, -0.2) is 39.1 Å². The zero-order chi connectivity index (χ0) is 19.1. The van der Waals surface area contributed by atoms with Gasteiger partial charge in [-0.15, -0.1) is 0 Å². The van der Waals surface area contributed by atoms with Crippen molar-refractivity contribution in [2.75, 3.05) is 13.3 Å². The molecule has 2 aliphatic rings. The maximum absolute atomic E-state index is 13.1. The molecule has 0 radical (unpaired) electrons. The molecule has 8 nitrogen and oxygen atoms in total. The van der Waals surface area contributed by atoms with E-state index < -0.39 is 0 Å². The van der Waals surface area contributed by atoms with Gasteiger partial charge >= 0.3 is 0 Å². The molecule has 1 aromatic carbocycles. The summed E-state index contributed by atoms with van der Waals surface area (Å²) in [5, 5.41) is 8.37. The molecule has 0 bridgehead atoms. The number of likely N-dealkylation sites (tertiary alicyclic amines) is 1. The Morgan fingerprint density at radius 3 is 3.00 bits per heavy atom. The highest BCUT2D eigenvalue weighted by Crippen LogP contribution is 2.37. The van der Waals surface area contributed by atoms with Gasteiger partial charge in [0.2, 0.25) is 6.79 Å². The van der Waals surface area contributed by atoms with Crippen molar-refractivity contribution in [2.24, 2.45) is 0 Å². The van der Waals surface area contributed by atoms with Crippen LogP contribution in [0.4, 0.5) is 0 Å². The fraction of sp³-hybridized carbons (Fsp3) is 0.350. The minimum atomic E-state index is -0.123. The van der Waals surface area contributed by atoms with E-state index in [-0.39, 0.29) is 18.7 Å². The molecule has 0 unspecified atom stereocenters. The number of carbonyl (C=O) groups excluding carboxylic acids is 1. The molecule has 28 heavy (non-hydrogen) atoms. The zero-order valence-corrected chi connectivity index (χ0v) is 15.5. The number of hydrogen-bond acceptors (Lipinski definition) is 6. The minimum Gasteiger partial charge on any atom is -0.454 e. The highest BCUT2D eigenvalue weighted by Gasteiger charge is 2.34. The molecule has 2 aromatic heterocycles. The molecule has 0 saturated carbocycles. The van der Waals surface area contributed by atoms with Crippen molar-refractivity contribution < 1.29 is 18.8 Å². The summed E-state index contributed by atoms with van der Waals surface area (Å²) >= 11 is 0. The molecule has 144 valence electrons. The molecule has 1 fully saturated rings. The molecule has 0 N–H and O–H groups in total. The van der Waals surface area contributed by atoms with E-state index in [4.69, 9.17) is 14.0 Å². The van der Waals surface area contributed by atoms with E-state index >= 15 is 0 Å². The van der Waals surface area contributed by atoms with Crippen LogP contribution in [0.15, 0.2) is 41.1 Å². The predicted molar refractivity (Wildman–Crippen MR) is 99.0 cm³/mol. The van der Waals surface area contributed by atoms with Crippen LogP contribution in [0.1, 0.15) is 42.0 Å². The van der Waals surface area contributed by atoms with Crippen molar-refractivity contribution in [3.8, 4) is 22.8 Å². The Morgan fingerprint density at radius 2 is 2.11 bits per heavy atom. The SMILES string of the molecule is CCn1nccc1[C@@H]1CCCN1C(=O)c1cc(-c2ccc3c(c2)OCO3)on1. The van der Waals surface area contributed by atoms with Gasteiger partial charge in [0, 0.05) is 30.9 Å². The van der Waals surface area contributed by atoms with Gasteiger partial charge < -0.3 is 18.9 Å². The standard InChI is InChI=1S/C20H20N4O4/c1-2-24-16(7-8-21-24)15-4-3-9-23(15)20(25)14-11-18(28-22-14)13-5-6-17-19(10-13)27-12-26-17/h5-8,10-11,15H,2-4,9,12H2,1H3/t15-/m0/s1. The van der Waals surface area contributed by atoms with Crippen LogP contribution in [0.3, 0.4) is 0 Å². The number of aromatic nitrogens is 3. The molecule has 0 aliphatic carbocycles. The van der Waals surface area contributed by atoms with E-state index in [2.05, 4.69) is 10.3 Å². The summed E-state index contributed by atoms with van der Waals surface area (Å²) in [6.07, 6.45) is 3.66. The monoisotopic (exact) mass is 380 g/mol. The molecule has 5 rings (SSSR count). The van der Waals surface area contributed by atoms with E-state index in [1.807, 2.05) is 40.8 Å². The third-order valence-corrected chi connectivity index (χ3v) is 5.29. The third-order valence-electron chi connectivity index (χ3n) is 5.29. The average Bonchev–Trinajstić information content (AvgIpc) is 3.52. The smallest absolute Gasteiger partial charge is 0.276 e. The molecule has 0 spiro atoms. The van der Waals surface area contributed by atoms with E-state index in [0.717, 1.165) is 30.6 Å². The summed E-state index contributed by atoms with van der Waals surface area (Å²) in [7, 11) is 0. The molecule has 8 heteroatoms. The summed E-state index contributed by atoms with van der Waals surface area (Å²) in [5.74, 6) is 1.76. The Kier molecular flexibility index (Phi) is 4.03. The van der Waals surface area contributed by atoms with Crippen LogP contribution in [0.25, 0.3) is 11.3 Å². The van der Waals surface area contributed by atoms with Gasteiger partial charge in [0.1, 0.15) is 0 Å². The number of amides is 1. The number of hydrogen-bond donors (Lipinski definition) is 0. The van der Waals surface area contributed by atoms with Gasteiger partial charge in [-0.1, -0.05) is 5.16 Å². The summed E-state index contributed by atoms with van der Waals surface area (Å²) in [6, 6.07) is 9.20. The summed E-state index contributed by atoms with van der Waals surface area (Å²) in [5.41, 5.74) is 2.16. The molecule has 4 heterocycles. The Labute approximate surface area is 161 Å². The van der Waals surface area contributed by atoms with Crippen molar-refractivity contribution in [3.05, 3.63) is 47.9 Å². The summed E-state index contributed by atoms with van der Waals surface area (Å²) < 4.78 is 18.1.